The summed E-state index contributed by atoms with van der Waals surface area (Å²) in [6.45, 7) is 8.48. The monoisotopic (exact) mass is 674 g/mol. The second kappa shape index (κ2) is 14.2. The number of aliphatic imine (C=N–C) groups is 1. The van der Waals surface area contributed by atoms with Gasteiger partial charge in [0.25, 0.3) is 0 Å². The maximum Gasteiger partial charge on any atom is 0.165 e. The highest BCUT2D eigenvalue weighted by molar-refractivity contribution is 6.23. The topological polar surface area (TPSA) is 90.0 Å². The van der Waals surface area contributed by atoms with Gasteiger partial charge in [0.2, 0.25) is 0 Å². The molecule has 0 N–H and O–H groups in total. The number of fused-ring (bicyclic) bond motifs is 3. The molecule has 0 aliphatic heterocycles. The first-order chi connectivity index (χ1) is 25.5. The molecule has 4 heterocycles. The number of para-hydroxylation sites is 1. The first-order valence-electron chi connectivity index (χ1n) is 17.1. The van der Waals surface area contributed by atoms with Gasteiger partial charge in [0.1, 0.15) is 11.2 Å². The Kier molecular flexibility index (Phi) is 8.82. The van der Waals surface area contributed by atoms with E-state index in [9.17, 15) is 0 Å². The largest absolute Gasteiger partial charge is 0.456 e. The van der Waals surface area contributed by atoms with Crippen molar-refractivity contribution in [2.45, 2.75) is 19.9 Å². The van der Waals surface area contributed by atoms with Gasteiger partial charge < -0.3 is 4.42 Å². The van der Waals surface area contributed by atoms with Crippen LogP contribution in [0.4, 0.5) is 0 Å². The molecule has 0 amide bonds. The Labute approximate surface area is 301 Å². The maximum absolute atomic E-state index is 6.30. The number of pyridine rings is 2. The van der Waals surface area contributed by atoms with Crippen LogP contribution in [0.15, 0.2) is 173 Å². The highest BCUT2D eigenvalue weighted by Crippen LogP contribution is 2.34. The van der Waals surface area contributed by atoms with Crippen molar-refractivity contribution < 1.29 is 4.42 Å². The fraction of sp³-hybridized carbons (Fsp3) is 0.0667. The Morgan fingerprint density at radius 3 is 2.10 bits per heavy atom. The lowest BCUT2D eigenvalue weighted by atomic mass is 9.97. The molecule has 7 heteroatoms. The van der Waals surface area contributed by atoms with Gasteiger partial charge in [-0.05, 0) is 67.5 Å². The summed E-state index contributed by atoms with van der Waals surface area (Å²) in [7, 11) is 0. The molecule has 0 fully saturated rings. The lowest BCUT2D eigenvalue weighted by Gasteiger charge is -2.14. The molecule has 8 rings (SSSR count). The molecule has 0 saturated carbocycles. The summed E-state index contributed by atoms with van der Waals surface area (Å²) in [5.41, 5.74) is 9.11. The molecule has 8 aromatic rings. The van der Waals surface area contributed by atoms with Crippen LogP contribution in [0.1, 0.15) is 36.8 Å². The summed E-state index contributed by atoms with van der Waals surface area (Å²) in [5.74, 6) is 1.52. The summed E-state index contributed by atoms with van der Waals surface area (Å²) >= 11 is 0. The molecule has 1 unspecified atom stereocenters. The van der Waals surface area contributed by atoms with E-state index in [0.29, 0.717) is 17.5 Å². The third-order valence-electron chi connectivity index (χ3n) is 8.89. The predicted molar refractivity (Wildman–Crippen MR) is 210 cm³/mol. The van der Waals surface area contributed by atoms with Crippen molar-refractivity contribution in [3.05, 3.63) is 181 Å². The van der Waals surface area contributed by atoms with E-state index in [1.807, 2.05) is 116 Å². The minimum Gasteiger partial charge on any atom is -0.456 e. The van der Waals surface area contributed by atoms with Crippen LogP contribution in [0.25, 0.3) is 61.7 Å². The molecular formula is C45H34N6O. The van der Waals surface area contributed by atoms with Crippen LogP contribution < -0.4 is 0 Å². The minimum atomic E-state index is -0.148. The Morgan fingerprint density at radius 2 is 1.37 bits per heavy atom. The molecule has 0 spiro atoms. The molecule has 1 atom stereocenters. The second-order valence-corrected chi connectivity index (χ2v) is 12.5. The summed E-state index contributed by atoms with van der Waals surface area (Å²) in [4.78, 5) is 29.6. The number of aromatic nitrogens is 5. The number of hydrogen-bond acceptors (Lipinski definition) is 7. The zero-order valence-electron chi connectivity index (χ0n) is 28.8. The molecule has 0 aliphatic carbocycles. The fourth-order valence-electron chi connectivity index (χ4n) is 6.24. The molecule has 4 aromatic carbocycles. The molecule has 52 heavy (non-hydrogen) atoms. The number of rotatable bonds is 9. The average molecular weight is 675 g/mol. The van der Waals surface area contributed by atoms with Crippen LogP contribution in [0.3, 0.4) is 0 Å². The molecule has 0 radical (unpaired) electrons. The second-order valence-electron chi connectivity index (χ2n) is 12.5. The van der Waals surface area contributed by atoms with Gasteiger partial charge in [-0.1, -0.05) is 104 Å². The van der Waals surface area contributed by atoms with Crippen molar-refractivity contribution in [2.24, 2.45) is 4.99 Å². The zero-order valence-corrected chi connectivity index (χ0v) is 28.8. The Bertz CT molecular complexity index is 2590. The number of allylic oxidation sites excluding steroid dienone is 3. The zero-order chi connectivity index (χ0) is 35.4. The Hall–Kier alpha value is -6.86. The maximum atomic E-state index is 6.30. The molecule has 250 valence electrons. The molecule has 0 bridgehead atoms. The van der Waals surface area contributed by atoms with E-state index in [4.69, 9.17) is 29.3 Å². The first-order valence-corrected chi connectivity index (χ1v) is 17.1. The van der Waals surface area contributed by atoms with Gasteiger partial charge in [0.15, 0.2) is 17.5 Å². The summed E-state index contributed by atoms with van der Waals surface area (Å²) in [5, 5.41) is 2.02. The number of furan rings is 1. The first kappa shape index (κ1) is 32.4. The van der Waals surface area contributed by atoms with Crippen molar-refractivity contribution >= 4 is 33.2 Å². The van der Waals surface area contributed by atoms with Crippen LogP contribution in [-0.4, -0.2) is 30.6 Å². The van der Waals surface area contributed by atoms with Crippen molar-refractivity contribution in [2.75, 3.05) is 0 Å². The predicted octanol–water partition coefficient (Wildman–Crippen LogP) is 10.8. The fourth-order valence-corrected chi connectivity index (χ4v) is 6.24. The van der Waals surface area contributed by atoms with Crippen molar-refractivity contribution in [1.82, 2.24) is 24.9 Å². The van der Waals surface area contributed by atoms with E-state index in [0.717, 1.165) is 72.4 Å². The number of hydrogen-bond donors (Lipinski definition) is 0. The van der Waals surface area contributed by atoms with E-state index in [2.05, 4.69) is 48.8 Å². The minimum absolute atomic E-state index is 0.148. The highest BCUT2D eigenvalue weighted by atomic mass is 16.3. The molecule has 4 aromatic heterocycles. The smallest absolute Gasteiger partial charge is 0.165 e. The van der Waals surface area contributed by atoms with Crippen LogP contribution in [0, 0.1) is 0 Å². The molecule has 7 nitrogen and oxygen atoms in total. The van der Waals surface area contributed by atoms with Gasteiger partial charge in [0.05, 0.1) is 23.1 Å². The van der Waals surface area contributed by atoms with Crippen molar-refractivity contribution in [1.29, 1.82) is 0 Å². The van der Waals surface area contributed by atoms with E-state index in [-0.39, 0.29) is 6.04 Å². The summed E-state index contributed by atoms with van der Waals surface area (Å²) < 4.78 is 6.30. The third-order valence-corrected chi connectivity index (χ3v) is 8.89. The van der Waals surface area contributed by atoms with Gasteiger partial charge in [-0.3, -0.25) is 15.0 Å². The Morgan fingerprint density at radius 1 is 0.673 bits per heavy atom. The third kappa shape index (κ3) is 6.55. The highest BCUT2D eigenvalue weighted by Gasteiger charge is 2.19. The Balaban J connectivity index is 1.33. The van der Waals surface area contributed by atoms with E-state index in [1.54, 1.807) is 12.4 Å². The van der Waals surface area contributed by atoms with Crippen molar-refractivity contribution in [3.8, 4) is 34.2 Å². The van der Waals surface area contributed by atoms with Gasteiger partial charge in [-0.2, -0.15) is 0 Å². The van der Waals surface area contributed by atoms with E-state index in [1.165, 1.54) is 0 Å². The van der Waals surface area contributed by atoms with Crippen LogP contribution in [-0.2, 0) is 0 Å². The molecule has 0 saturated heterocycles. The normalized spacial score (nSPS) is 12.7. The molecular weight excluding hydrogens is 641 g/mol. The van der Waals surface area contributed by atoms with Gasteiger partial charge in [0, 0.05) is 45.4 Å². The van der Waals surface area contributed by atoms with Gasteiger partial charge in [-0.25, -0.2) is 15.0 Å². The number of nitrogens with zero attached hydrogens (tertiary/aromatic N) is 6. The lowest BCUT2D eigenvalue weighted by molar-refractivity contribution is 0.669. The summed E-state index contributed by atoms with van der Waals surface area (Å²) in [6, 6.07) is 43.9. The average Bonchev–Trinajstić information content (AvgIpc) is 3.59. The van der Waals surface area contributed by atoms with Gasteiger partial charge in [-0.15, -0.1) is 0 Å². The SMILES string of the molecule is C=C(C)/C(=C\C(=NC(C)c1ccccc1)c1cccc2oc3ccccc3c12)c1nc(-c2ccccc2)nc(-c2ccc(-c3ccccn3)nc2)n1. The number of benzene rings is 4. The van der Waals surface area contributed by atoms with Crippen LogP contribution in [0.2, 0.25) is 0 Å². The van der Waals surface area contributed by atoms with Crippen LogP contribution >= 0.6 is 0 Å². The quantitative estimate of drug-likeness (QED) is 0.112. The van der Waals surface area contributed by atoms with Crippen molar-refractivity contribution in [3.63, 3.8) is 0 Å². The standard InChI is InChI=1S/C45H34N6O/c1-29(2)36(27-39(48-30(3)31-15-6-4-7-16-31)34-20-14-23-41-42(34)35-19-10-11-22-40(35)52-41)45-50-43(32-17-8-5-9-18-32)49-44(51-45)33-24-25-38(47-28-33)37-21-12-13-26-46-37/h4-28,30H,1H2,2-3H3/b36-27+,48-39?. The lowest BCUT2D eigenvalue weighted by Crippen LogP contribution is -2.07. The van der Waals surface area contributed by atoms with Crippen LogP contribution in [0.5, 0.6) is 0 Å². The molecule has 0 aliphatic rings. The van der Waals surface area contributed by atoms with E-state index >= 15 is 0 Å². The summed E-state index contributed by atoms with van der Waals surface area (Å²) in [6.07, 6.45) is 5.59. The van der Waals surface area contributed by atoms with E-state index < -0.39 is 0 Å². The van der Waals surface area contributed by atoms with Gasteiger partial charge >= 0.3 is 0 Å².